The molecule has 0 amide bonds. The molecule has 0 spiro atoms. The van der Waals surface area contributed by atoms with Crippen molar-refractivity contribution in [2.75, 3.05) is 32.7 Å². The van der Waals surface area contributed by atoms with E-state index in [1.54, 1.807) is 10.4 Å². The van der Waals surface area contributed by atoms with Gasteiger partial charge in [-0.05, 0) is 49.4 Å². The van der Waals surface area contributed by atoms with Crippen LogP contribution >= 0.6 is 0 Å². The highest BCUT2D eigenvalue weighted by Crippen LogP contribution is 2.26. The lowest BCUT2D eigenvalue weighted by Crippen LogP contribution is -2.49. The molecule has 0 atom stereocenters. The first-order chi connectivity index (χ1) is 13.4. The predicted octanol–water partition coefficient (Wildman–Crippen LogP) is 2.67. The van der Waals surface area contributed by atoms with Crippen LogP contribution in [0.3, 0.4) is 0 Å². The van der Waals surface area contributed by atoms with Crippen LogP contribution in [0.1, 0.15) is 33.5 Å². The largest absolute Gasteiger partial charge is 0.293 e. The summed E-state index contributed by atoms with van der Waals surface area (Å²) in [5, 5.41) is 0. The van der Waals surface area contributed by atoms with Gasteiger partial charge >= 0.3 is 0 Å². The number of nitrogens with zero attached hydrogens (tertiary/aromatic N) is 2. The number of rotatable bonds is 5. The summed E-state index contributed by atoms with van der Waals surface area (Å²) >= 11 is 0. The first-order valence-corrected chi connectivity index (χ1v) is 11.3. The van der Waals surface area contributed by atoms with Crippen LogP contribution < -0.4 is 0 Å². The van der Waals surface area contributed by atoms with Crippen LogP contribution in [0, 0.1) is 6.92 Å². The summed E-state index contributed by atoms with van der Waals surface area (Å²) in [6.45, 7) is 4.30. The molecule has 1 saturated heterocycles. The number of fused-ring (bicyclic) bond motifs is 1. The van der Waals surface area contributed by atoms with Crippen LogP contribution in [0.25, 0.3) is 0 Å². The topological polar surface area (TPSA) is 57.7 Å². The Morgan fingerprint density at radius 3 is 2.32 bits per heavy atom. The van der Waals surface area contributed by atoms with Crippen molar-refractivity contribution in [1.82, 2.24) is 9.21 Å². The minimum atomic E-state index is -3.47. The van der Waals surface area contributed by atoms with Crippen LogP contribution in [-0.2, 0) is 22.9 Å². The summed E-state index contributed by atoms with van der Waals surface area (Å²) in [6, 6.07) is 13.1. The average Bonchev–Trinajstić information content (AvgIpc) is 3.17. The number of ketones is 1. The van der Waals surface area contributed by atoms with Crippen molar-refractivity contribution in [3.8, 4) is 0 Å². The molecule has 5 nitrogen and oxygen atoms in total. The fraction of sp³-hybridized carbons (Fsp3) is 0.409. The molecule has 6 heteroatoms. The number of carbonyl (C=O) groups is 1. The van der Waals surface area contributed by atoms with E-state index >= 15 is 0 Å². The zero-order chi connectivity index (χ0) is 19.7. The number of aryl methyl sites for hydroxylation is 3. The standard InChI is InChI=1S/C22H26N2O3S/c1-17-5-7-19(8-6-17)22(25)16-23-11-13-24(14-12-23)28(26,27)21-10-9-18-3-2-4-20(18)15-21/h5-10,15H,2-4,11-14,16H2,1H3. The van der Waals surface area contributed by atoms with E-state index in [1.165, 1.54) is 11.1 Å². The Bertz CT molecular complexity index is 975. The van der Waals surface area contributed by atoms with E-state index in [2.05, 4.69) is 0 Å². The lowest BCUT2D eigenvalue weighted by Gasteiger charge is -2.33. The van der Waals surface area contributed by atoms with Crippen molar-refractivity contribution in [2.45, 2.75) is 31.1 Å². The van der Waals surface area contributed by atoms with Crippen LogP contribution in [0.4, 0.5) is 0 Å². The molecular weight excluding hydrogens is 372 g/mol. The minimum absolute atomic E-state index is 0.0786. The number of hydrogen-bond acceptors (Lipinski definition) is 4. The van der Waals surface area contributed by atoms with E-state index in [0.717, 1.165) is 24.8 Å². The molecule has 0 unspecified atom stereocenters. The molecule has 0 aromatic heterocycles. The fourth-order valence-electron chi connectivity index (χ4n) is 4.02. The Labute approximate surface area is 167 Å². The first-order valence-electron chi connectivity index (χ1n) is 9.88. The van der Waals surface area contributed by atoms with Gasteiger partial charge in [0.15, 0.2) is 5.78 Å². The Balaban J connectivity index is 1.38. The molecule has 2 aromatic rings. The van der Waals surface area contributed by atoms with Crippen molar-refractivity contribution in [3.63, 3.8) is 0 Å². The van der Waals surface area contributed by atoms with Crippen molar-refractivity contribution >= 4 is 15.8 Å². The maximum Gasteiger partial charge on any atom is 0.243 e. The number of hydrogen-bond donors (Lipinski definition) is 0. The van der Waals surface area contributed by atoms with Crippen molar-refractivity contribution in [3.05, 3.63) is 64.7 Å². The molecule has 1 fully saturated rings. The molecule has 0 bridgehead atoms. The van der Waals surface area contributed by atoms with Crippen LogP contribution in [0.15, 0.2) is 47.4 Å². The molecule has 4 rings (SSSR count). The average molecular weight is 399 g/mol. The normalized spacial score (nSPS) is 18.2. The molecule has 1 aliphatic heterocycles. The molecule has 2 aromatic carbocycles. The van der Waals surface area contributed by atoms with Crippen LogP contribution in [0.5, 0.6) is 0 Å². The van der Waals surface area contributed by atoms with Gasteiger partial charge in [-0.15, -0.1) is 0 Å². The molecule has 2 aliphatic rings. The third-order valence-electron chi connectivity index (χ3n) is 5.78. The lowest BCUT2D eigenvalue weighted by atomic mass is 10.1. The van der Waals surface area contributed by atoms with Crippen molar-refractivity contribution in [1.29, 1.82) is 0 Å². The Kier molecular flexibility index (Phi) is 5.36. The Morgan fingerprint density at radius 1 is 0.929 bits per heavy atom. The molecule has 0 N–H and O–H groups in total. The smallest absolute Gasteiger partial charge is 0.243 e. The number of Topliss-reactive ketones (excluding diaryl/α,β-unsaturated/α-hetero) is 1. The van der Waals surface area contributed by atoms with Gasteiger partial charge in [-0.1, -0.05) is 35.9 Å². The van der Waals surface area contributed by atoms with Gasteiger partial charge in [-0.2, -0.15) is 4.31 Å². The van der Waals surface area contributed by atoms with Gasteiger partial charge in [0.05, 0.1) is 11.4 Å². The Morgan fingerprint density at radius 2 is 1.61 bits per heavy atom. The van der Waals surface area contributed by atoms with E-state index in [-0.39, 0.29) is 5.78 Å². The molecule has 0 saturated carbocycles. The Hall–Kier alpha value is -2.02. The highest BCUT2D eigenvalue weighted by molar-refractivity contribution is 7.89. The molecule has 0 radical (unpaired) electrons. The molecule has 28 heavy (non-hydrogen) atoms. The quantitative estimate of drug-likeness (QED) is 0.727. The summed E-state index contributed by atoms with van der Waals surface area (Å²) in [5.74, 6) is 0.0786. The van der Waals surface area contributed by atoms with Gasteiger partial charge in [0.2, 0.25) is 10.0 Å². The highest BCUT2D eigenvalue weighted by atomic mass is 32.2. The van der Waals surface area contributed by atoms with Gasteiger partial charge in [-0.25, -0.2) is 8.42 Å². The number of sulfonamides is 1. The molecule has 1 heterocycles. The number of carbonyl (C=O) groups excluding carboxylic acids is 1. The fourth-order valence-corrected chi connectivity index (χ4v) is 5.49. The van der Waals surface area contributed by atoms with E-state index < -0.39 is 10.0 Å². The van der Waals surface area contributed by atoms with Gasteiger partial charge < -0.3 is 0 Å². The van der Waals surface area contributed by atoms with Crippen molar-refractivity contribution < 1.29 is 13.2 Å². The zero-order valence-corrected chi connectivity index (χ0v) is 17.0. The van der Waals surface area contributed by atoms with Gasteiger partial charge in [0, 0.05) is 31.7 Å². The van der Waals surface area contributed by atoms with Gasteiger partial charge in [-0.3, -0.25) is 9.69 Å². The zero-order valence-electron chi connectivity index (χ0n) is 16.2. The third kappa shape index (κ3) is 3.90. The second kappa shape index (κ2) is 7.78. The predicted molar refractivity (Wildman–Crippen MR) is 109 cm³/mol. The van der Waals surface area contributed by atoms with Gasteiger partial charge in [0.25, 0.3) is 0 Å². The van der Waals surface area contributed by atoms with Crippen LogP contribution in [0.2, 0.25) is 0 Å². The van der Waals surface area contributed by atoms with Crippen molar-refractivity contribution in [2.24, 2.45) is 0 Å². The van der Waals surface area contributed by atoms with E-state index in [4.69, 9.17) is 0 Å². The summed E-state index contributed by atoms with van der Waals surface area (Å²) in [6.07, 6.45) is 3.11. The third-order valence-corrected chi connectivity index (χ3v) is 7.67. The van der Waals surface area contributed by atoms with Crippen LogP contribution in [-0.4, -0.2) is 56.1 Å². The van der Waals surface area contributed by atoms with E-state index in [9.17, 15) is 13.2 Å². The van der Waals surface area contributed by atoms with Gasteiger partial charge in [0.1, 0.15) is 0 Å². The monoisotopic (exact) mass is 398 g/mol. The number of benzene rings is 2. The maximum absolute atomic E-state index is 13.0. The summed E-state index contributed by atoms with van der Waals surface area (Å²) in [4.78, 5) is 14.9. The minimum Gasteiger partial charge on any atom is -0.293 e. The molecular formula is C22H26N2O3S. The first kappa shape index (κ1) is 19.3. The maximum atomic E-state index is 13.0. The number of piperazine rings is 1. The van der Waals surface area contributed by atoms with E-state index in [0.29, 0.717) is 43.2 Å². The second-order valence-corrected chi connectivity index (χ2v) is 9.69. The second-order valence-electron chi connectivity index (χ2n) is 7.75. The summed E-state index contributed by atoms with van der Waals surface area (Å²) < 4.78 is 27.6. The summed E-state index contributed by atoms with van der Waals surface area (Å²) in [5.41, 5.74) is 4.28. The SMILES string of the molecule is Cc1ccc(C(=O)CN2CCN(S(=O)(=O)c3ccc4c(c3)CCC4)CC2)cc1. The summed E-state index contributed by atoms with van der Waals surface area (Å²) in [7, 11) is -3.47. The highest BCUT2D eigenvalue weighted by Gasteiger charge is 2.30. The lowest BCUT2D eigenvalue weighted by molar-refractivity contribution is 0.0901. The molecule has 148 valence electrons. The molecule has 1 aliphatic carbocycles. The van der Waals surface area contributed by atoms with E-state index in [1.807, 2.05) is 48.2 Å².